The van der Waals surface area contributed by atoms with Gasteiger partial charge in [0.15, 0.2) is 6.61 Å². The van der Waals surface area contributed by atoms with E-state index in [0.717, 1.165) is 28.2 Å². The molecule has 10 nitrogen and oxygen atoms in total. The van der Waals surface area contributed by atoms with Crippen molar-refractivity contribution >= 4 is 34.2 Å². The van der Waals surface area contributed by atoms with Gasteiger partial charge in [-0.15, -0.1) is 0 Å². The SMILES string of the molecule is COc1ccc2cc(CN(C)C(=O)COC(=O)[C@H](C)NC(=O)c3cccc([N+](=O)[O-])c3)ccc2c1. The van der Waals surface area contributed by atoms with Crippen molar-refractivity contribution < 1.29 is 28.8 Å². The average molecular weight is 479 g/mol. The molecule has 0 saturated heterocycles. The lowest BCUT2D eigenvalue weighted by molar-refractivity contribution is -0.384. The van der Waals surface area contributed by atoms with E-state index in [0.29, 0.717) is 6.54 Å². The fourth-order valence-electron chi connectivity index (χ4n) is 3.33. The molecule has 35 heavy (non-hydrogen) atoms. The van der Waals surface area contributed by atoms with Crippen molar-refractivity contribution in [2.24, 2.45) is 0 Å². The van der Waals surface area contributed by atoms with Crippen molar-refractivity contribution in [1.82, 2.24) is 10.2 Å². The first-order valence-electron chi connectivity index (χ1n) is 10.7. The molecule has 3 aromatic carbocycles. The number of hydrogen-bond donors (Lipinski definition) is 1. The Balaban J connectivity index is 1.51. The van der Waals surface area contributed by atoms with Crippen LogP contribution in [0, 0.1) is 10.1 Å². The van der Waals surface area contributed by atoms with Gasteiger partial charge in [-0.2, -0.15) is 0 Å². The Labute approximate surface area is 201 Å². The number of benzene rings is 3. The molecule has 0 aliphatic carbocycles. The molecule has 0 aliphatic heterocycles. The van der Waals surface area contributed by atoms with E-state index in [1.165, 1.54) is 30.0 Å². The maximum absolute atomic E-state index is 12.4. The number of amides is 2. The monoisotopic (exact) mass is 479 g/mol. The molecule has 0 bridgehead atoms. The van der Waals surface area contributed by atoms with Gasteiger partial charge >= 0.3 is 5.97 Å². The van der Waals surface area contributed by atoms with Crippen LogP contribution >= 0.6 is 0 Å². The van der Waals surface area contributed by atoms with Crippen LogP contribution in [-0.2, 0) is 20.9 Å². The Morgan fingerprint density at radius 3 is 2.49 bits per heavy atom. The molecule has 0 saturated carbocycles. The zero-order chi connectivity index (χ0) is 25.5. The zero-order valence-electron chi connectivity index (χ0n) is 19.5. The van der Waals surface area contributed by atoms with Gasteiger partial charge in [0, 0.05) is 31.3 Å². The first-order valence-corrected chi connectivity index (χ1v) is 10.7. The number of esters is 1. The molecule has 0 aromatic heterocycles. The molecule has 1 N–H and O–H groups in total. The number of non-ortho nitro benzene ring substituents is 1. The highest BCUT2D eigenvalue weighted by atomic mass is 16.6. The molecule has 1 atom stereocenters. The molecule has 0 heterocycles. The van der Waals surface area contributed by atoms with Crippen LogP contribution in [0.25, 0.3) is 10.8 Å². The summed E-state index contributed by atoms with van der Waals surface area (Å²) in [6, 6.07) is 15.6. The maximum atomic E-state index is 12.4. The topological polar surface area (TPSA) is 128 Å². The molecular weight excluding hydrogens is 454 g/mol. The number of fused-ring (bicyclic) bond motifs is 1. The van der Waals surface area contributed by atoms with Gasteiger partial charge in [-0.1, -0.05) is 24.3 Å². The lowest BCUT2D eigenvalue weighted by Crippen LogP contribution is -2.41. The van der Waals surface area contributed by atoms with E-state index in [1.807, 2.05) is 36.4 Å². The van der Waals surface area contributed by atoms with Crippen LogP contribution < -0.4 is 10.1 Å². The first kappa shape index (κ1) is 25.2. The Hall–Kier alpha value is -4.47. The Kier molecular flexibility index (Phi) is 7.98. The van der Waals surface area contributed by atoms with Crippen molar-refractivity contribution in [1.29, 1.82) is 0 Å². The Bertz CT molecular complexity index is 1270. The van der Waals surface area contributed by atoms with E-state index in [9.17, 15) is 24.5 Å². The fraction of sp³-hybridized carbons (Fsp3) is 0.240. The molecule has 10 heteroatoms. The zero-order valence-corrected chi connectivity index (χ0v) is 19.5. The molecule has 3 rings (SSSR count). The van der Waals surface area contributed by atoms with Crippen molar-refractivity contribution in [2.45, 2.75) is 19.5 Å². The van der Waals surface area contributed by atoms with Crippen LogP contribution in [0.2, 0.25) is 0 Å². The number of carbonyl (C=O) groups excluding carboxylic acids is 3. The number of likely N-dealkylation sites (N-methyl/N-ethyl adjacent to an activating group) is 1. The molecule has 0 spiro atoms. The van der Waals surface area contributed by atoms with Gasteiger partial charge in [-0.05, 0) is 47.5 Å². The van der Waals surface area contributed by atoms with E-state index in [2.05, 4.69) is 5.32 Å². The lowest BCUT2D eigenvalue weighted by atomic mass is 10.1. The predicted molar refractivity (Wildman–Crippen MR) is 128 cm³/mol. The second-order valence-corrected chi connectivity index (χ2v) is 7.91. The Morgan fingerprint density at radius 1 is 1.06 bits per heavy atom. The highest BCUT2D eigenvalue weighted by molar-refractivity contribution is 5.97. The number of carbonyl (C=O) groups is 3. The van der Waals surface area contributed by atoms with Crippen LogP contribution in [0.15, 0.2) is 60.7 Å². The minimum absolute atomic E-state index is 0.0310. The number of nitrogens with zero attached hydrogens (tertiary/aromatic N) is 2. The van der Waals surface area contributed by atoms with Crippen molar-refractivity contribution in [2.75, 3.05) is 20.8 Å². The van der Waals surface area contributed by atoms with Gasteiger partial charge in [0.2, 0.25) is 0 Å². The standard InChI is InChI=1S/C25H25N3O7/c1-16(26-24(30)20-5-4-6-21(12-20)28(32)33)25(31)35-15-23(29)27(2)14-17-7-8-19-13-22(34-3)10-9-18(19)11-17/h4-13,16H,14-15H2,1-3H3,(H,26,30)/t16-/m0/s1. The number of ether oxygens (including phenoxy) is 2. The summed E-state index contributed by atoms with van der Waals surface area (Å²) in [7, 11) is 3.21. The largest absolute Gasteiger partial charge is 0.497 e. The summed E-state index contributed by atoms with van der Waals surface area (Å²) in [5.74, 6) is -1.12. The molecule has 0 unspecified atom stereocenters. The van der Waals surface area contributed by atoms with Crippen LogP contribution in [0.5, 0.6) is 5.75 Å². The summed E-state index contributed by atoms with van der Waals surface area (Å²) in [6.07, 6.45) is 0. The third-order valence-electron chi connectivity index (χ3n) is 5.32. The van der Waals surface area contributed by atoms with Crippen molar-refractivity contribution in [3.05, 3.63) is 81.9 Å². The average Bonchev–Trinajstić information content (AvgIpc) is 2.86. The van der Waals surface area contributed by atoms with Gasteiger partial charge in [0.05, 0.1) is 12.0 Å². The van der Waals surface area contributed by atoms with Gasteiger partial charge < -0.3 is 19.7 Å². The van der Waals surface area contributed by atoms with Gasteiger partial charge in [0.25, 0.3) is 17.5 Å². The number of nitro benzene ring substituents is 1. The highest BCUT2D eigenvalue weighted by Gasteiger charge is 2.21. The van der Waals surface area contributed by atoms with Gasteiger partial charge in [0.1, 0.15) is 11.8 Å². The Morgan fingerprint density at radius 2 is 1.77 bits per heavy atom. The van der Waals surface area contributed by atoms with E-state index < -0.39 is 35.4 Å². The molecule has 0 aliphatic rings. The summed E-state index contributed by atoms with van der Waals surface area (Å²) in [4.78, 5) is 48.7. The minimum Gasteiger partial charge on any atom is -0.497 e. The molecular formula is C25H25N3O7. The maximum Gasteiger partial charge on any atom is 0.328 e. The van der Waals surface area contributed by atoms with Gasteiger partial charge in [-0.25, -0.2) is 4.79 Å². The third kappa shape index (κ3) is 6.53. The van der Waals surface area contributed by atoms with Crippen LogP contribution in [0.4, 0.5) is 5.69 Å². The van der Waals surface area contributed by atoms with E-state index in [-0.39, 0.29) is 11.3 Å². The first-order chi connectivity index (χ1) is 16.7. The molecule has 2 amide bonds. The second kappa shape index (κ2) is 11.1. The normalized spacial score (nSPS) is 11.4. The summed E-state index contributed by atoms with van der Waals surface area (Å²) in [5.41, 5.74) is 0.693. The van der Waals surface area contributed by atoms with Crippen LogP contribution in [0.3, 0.4) is 0 Å². The number of nitrogens with one attached hydrogen (secondary N) is 1. The number of nitro groups is 1. The van der Waals surface area contributed by atoms with Crippen molar-refractivity contribution in [3.63, 3.8) is 0 Å². The van der Waals surface area contributed by atoms with E-state index in [1.54, 1.807) is 14.2 Å². The summed E-state index contributed by atoms with van der Waals surface area (Å²) < 4.78 is 10.3. The quantitative estimate of drug-likeness (QED) is 0.284. The van der Waals surface area contributed by atoms with E-state index >= 15 is 0 Å². The number of rotatable bonds is 9. The van der Waals surface area contributed by atoms with Crippen LogP contribution in [0.1, 0.15) is 22.8 Å². The number of methoxy groups -OCH3 is 1. The second-order valence-electron chi connectivity index (χ2n) is 7.91. The molecule has 0 fully saturated rings. The number of hydrogen-bond acceptors (Lipinski definition) is 7. The summed E-state index contributed by atoms with van der Waals surface area (Å²) in [6.45, 7) is 1.23. The fourth-order valence-corrected chi connectivity index (χ4v) is 3.33. The molecule has 3 aromatic rings. The lowest BCUT2D eigenvalue weighted by Gasteiger charge is -2.19. The van der Waals surface area contributed by atoms with E-state index in [4.69, 9.17) is 9.47 Å². The smallest absolute Gasteiger partial charge is 0.328 e. The van der Waals surface area contributed by atoms with Crippen molar-refractivity contribution in [3.8, 4) is 5.75 Å². The summed E-state index contributed by atoms with van der Waals surface area (Å²) in [5, 5.41) is 15.3. The minimum atomic E-state index is -1.06. The van der Waals surface area contributed by atoms with Gasteiger partial charge in [-0.3, -0.25) is 19.7 Å². The molecule has 182 valence electrons. The summed E-state index contributed by atoms with van der Waals surface area (Å²) >= 11 is 0. The van der Waals surface area contributed by atoms with Crippen LogP contribution in [-0.4, -0.2) is 54.4 Å². The third-order valence-corrected chi connectivity index (χ3v) is 5.32. The highest BCUT2D eigenvalue weighted by Crippen LogP contribution is 2.22. The molecule has 0 radical (unpaired) electrons. The predicted octanol–water partition coefficient (Wildman–Crippen LogP) is 3.08.